The molecule has 2 heterocycles. The Morgan fingerprint density at radius 2 is 1.31 bits per heavy atom. The summed E-state index contributed by atoms with van der Waals surface area (Å²) in [5, 5.41) is 0. The van der Waals surface area contributed by atoms with Gasteiger partial charge in [-0.1, -0.05) is 42.5 Å². The molecule has 4 amide bonds. The lowest BCUT2D eigenvalue weighted by atomic mass is 10.0. The lowest BCUT2D eigenvalue weighted by Gasteiger charge is -2.38. The van der Waals surface area contributed by atoms with Crippen LogP contribution in [0, 0.1) is 5.92 Å². The Morgan fingerprint density at radius 1 is 0.781 bits per heavy atom. The van der Waals surface area contributed by atoms with Crippen LogP contribution in [0.25, 0.3) is 0 Å². The van der Waals surface area contributed by atoms with Crippen molar-refractivity contribution >= 4 is 23.6 Å². The van der Waals surface area contributed by atoms with Crippen LogP contribution in [0.3, 0.4) is 0 Å². The summed E-state index contributed by atoms with van der Waals surface area (Å²) in [6.45, 7) is 1.79. The van der Waals surface area contributed by atoms with Gasteiger partial charge >= 0.3 is 0 Å². The fourth-order valence-electron chi connectivity index (χ4n) is 4.56. The third kappa shape index (κ3) is 3.68. The minimum absolute atomic E-state index is 0.154. The van der Waals surface area contributed by atoms with Crippen molar-refractivity contribution in [1.82, 2.24) is 14.7 Å². The average molecular weight is 431 g/mol. The Bertz CT molecular complexity index is 1040. The van der Waals surface area contributed by atoms with Gasteiger partial charge in [0, 0.05) is 38.5 Å². The normalized spacial score (nSPS) is 19.2. The van der Waals surface area contributed by atoms with Crippen LogP contribution in [0.2, 0.25) is 0 Å². The number of rotatable bonds is 5. The number of carbonyl (C=O) groups is 4. The molecule has 1 unspecified atom stereocenters. The van der Waals surface area contributed by atoms with E-state index in [2.05, 4.69) is 0 Å². The molecule has 0 radical (unpaired) electrons. The molecule has 7 nitrogen and oxygen atoms in total. The van der Waals surface area contributed by atoms with Crippen LogP contribution in [0.5, 0.6) is 0 Å². The summed E-state index contributed by atoms with van der Waals surface area (Å²) < 4.78 is 0. The molecule has 2 fully saturated rings. The van der Waals surface area contributed by atoms with E-state index in [0.717, 1.165) is 23.3 Å². The van der Waals surface area contributed by atoms with Gasteiger partial charge in [0.05, 0.1) is 11.1 Å². The maximum atomic E-state index is 13.6. The predicted octanol–water partition coefficient (Wildman–Crippen LogP) is 1.97. The highest BCUT2D eigenvalue weighted by atomic mass is 16.2. The molecule has 164 valence electrons. The largest absolute Gasteiger partial charge is 0.339 e. The zero-order valence-corrected chi connectivity index (χ0v) is 17.8. The van der Waals surface area contributed by atoms with Gasteiger partial charge in [-0.05, 0) is 30.5 Å². The van der Waals surface area contributed by atoms with Gasteiger partial charge in [0.2, 0.25) is 11.8 Å². The predicted molar refractivity (Wildman–Crippen MR) is 117 cm³/mol. The molecule has 1 aliphatic carbocycles. The highest BCUT2D eigenvalue weighted by Gasteiger charge is 2.44. The van der Waals surface area contributed by atoms with Crippen LogP contribution < -0.4 is 0 Å². The van der Waals surface area contributed by atoms with Gasteiger partial charge in [-0.2, -0.15) is 0 Å². The van der Waals surface area contributed by atoms with Crippen molar-refractivity contribution < 1.29 is 19.2 Å². The van der Waals surface area contributed by atoms with Crippen molar-refractivity contribution in [2.45, 2.75) is 25.3 Å². The zero-order chi connectivity index (χ0) is 22.2. The van der Waals surface area contributed by atoms with E-state index in [0.29, 0.717) is 37.3 Å². The summed E-state index contributed by atoms with van der Waals surface area (Å²) in [4.78, 5) is 56.9. The summed E-state index contributed by atoms with van der Waals surface area (Å²) in [6.07, 6.45) is 2.17. The summed E-state index contributed by atoms with van der Waals surface area (Å²) in [6, 6.07) is 15.2. The molecular weight excluding hydrogens is 406 g/mol. The molecule has 0 bridgehead atoms. The third-order valence-electron chi connectivity index (χ3n) is 6.52. The molecular formula is C25H25N3O4. The average Bonchev–Trinajstić information content (AvgIpc) is 3.65. The van der Waals surface area contributed by atoms with E-state index in [9.17, 15) is 19.2 Å². The first-order valence-electron chi connectivity index (χ1n) is 11.1. The van der Waals surface area contributed by atoms with Crippen LogP contribution in [0.15, 0.2) is 54.6 Å². The molecule has 0 aromatic heterocycles. The Hall–Kier alpha value is -3.48. The van der Waals surface area contributed by atoms with E-state index in [4.69, 9.17) is 0 Å². The first-order valence-corrected chi connectivity index (χ1v) is 11.1. The second-order valence-electron chi connectivity index (χ2n) is 8.66. The number of hydrogen-bond donors (Lipinski definition) is 0. The van der Waals surface area contributed by atoms with E-state index < -0.39 is 17.9 Å². The molecule has 3 aliphatic rings. The van der Waals surface area contributed by atoms with Crippen LogP contribution in [-0.4, -0.2) is 70.5 Å². The first kappa shape index (κ1) is 20.4. The molecule has 32 heavy (non-hydrogen) atoms. The van der Waals surface area contributed by atoms with Gasteiger partial charge in [0.15, 0.2) is 0 Å². The lowest BCUT2D eigenvalue weighted by molar-refractivity contribution is -0.142. The number of amides is 4. The van der Waals surface area contributed by atoms with Gasteiger partial charge in [-0.25, -0.2) is 0 Å². The maximum Gasteiger partial charge on any atom is 0.262 e. The van der Waals surface area contributed by atoms with Crippen molar-refractivity contribution in [3.05, 3.63) is 71.3 Å². The fourth-order valence-corrected chi connectivity index (χ4v) is 4.56. The van der Waals surface area contributed by atoms with Gasteiger partial charge in [0.1, 0.15) is 6.04 Å². The van der Waals surface area contributed by atoms with Gasteiger partial charge in [0.25, 0.3) is 11.8 Å². The van der Waals surface area contributed by atoms with E-state index in [-0.39, 0.29) is 24.2 Å². The Morgan fingerprint density at radius 3 is 1.88 bits per heavy atom. The molecule has 0 spiro atoms. The van der Waals surface area contributed by atoms with E-state index in [1.165, 1.54) is 0 Å². The molecule has 1 saturated heterocycles. The molecule has 7 heteroatoms. The minimum atomic E-state index is -0.921. The van der Waals surface area contributed by atoms with Gasteiger partial charge < -0.3 is 9.80 Å². The molecule has 1 saturated carbocycles. The number of fused-ring (bicyclic) bond motifs is 1. The van der Waals surface area contributed by atoms with Crippen LogP contribution in [0.1, 0.15) is 39.1 Å². The van der Waals surface area contributed by atoms with Crippen LogP contribution in [-0.2, 0) is 16.0 Å². The lowest BCUT2D eigenvalue weighted by Crippen LogP contribution is -2.57. The highest BCUT2D eigenvalue weighted by molar-refractivity contribution is 6.22. The van der Waals surface area contributed by atoms with E-state index in [1.807, 2.05) is 35.2 Å². The van der Waals surface area contributed by atoms with Crippen molar-refractivity contribution in [2.24, 2.45) is 5.92 Å². The molecule has 2 aromatic rings. The quantitative estimate of drug-likeness (QED) is 0.679. The zero-order valence-electron chi connectivity index (χ0n) is 17.8. The third-order valence-corrected chi connectivity index (χ3v) is 6.52. The monoisotopic (exact) mass is 431 g/mol. The standard InChI is InChI=1S/C25H25N3O4/c29-22(18-10-11-18)26-12-14-27(15-13-26)25(32)21(16-17-6-2-1-3-7-17)28-23(30)19-8-4-5-9-20(19)24(28)31/h1-9,18,21H,10-16H2. The molecule has 1 atom stereocenters. The number of nitrogens with zero attached hydrogens (tertiary/aromatic N) is 3. The second-order valence-corrected chi connectivity index (χ2v) is 8.66. The summed E-state index contributed by atoms with van der Waals surface area (Å²) >= 11 is 0. The minimum Gasteiger partial charge on any atom is -0.339 e. The van der Waals surface area contributed by atoms with E-state index >= 15 is 0 Å². The van der Waals surface area contributed by atoms with Crippen molar-refractivity contribution in [1.29, 1.82) is 0 Å². The first-order chi connectivity index (χ1) is 15.5. The molecule has 2 aliphatic heterocycles. The Labute approximate surface area is 186 Å². The number of piperazine rings is 1. The number of hydrogen-bond acceptors (Lipinski definition) is 4. The number of carbonyl (C=O) groups excluding carboxylic acids is 4. The summed E-state index contributed by atoms with van der Waals surface area (Å²) in [5.74, 6) is -0.772. The summed E-state index contributed by atoms with van der Waals surface area (Å²) in [7, 11) is 0. The number of imide groups is 1. The van der Waals surface area contributed by atoms with Gasteiger partial charge in [-0.3, -0.25) is 24.1 Å². The second kappa shape index (κ2) is 8.22. The highest BCUT2D eigenvalue weighted by Crippen LogP contribution is 2.31. The topological polar surface area (TPSA) is 78.0 Å². The SMILES string of the molecule is O=C(C1CC1)N1CCN(C(=O)C(Cc2ccccc2)N2C(=O)c3ccccc3C2=O)CC1. The molecule has 0 N–H and O–H groups in total. The Balaban J connectivity index is 1.38. The smallest absolute Gasteiger partial charge is 0.262 e. The molecule has 2 aromatic carbocycles. The van der Waals surface area contributed by atoms with Crippen molar-refractivity contribution in [3.8, 4) is 0 Å². The van der Waals surface area contributed by atoms with Crippen LogP contribution >= 0.6 is 0 Å². The molecule has 5 rings (SSSR count). The number of benzene rings is 2. The fraction of sp³-hybridized carbons (Fsp3) is 0.360. The van der Waals surface area contributed by atoms with Crippen molar-refractivity contribution in [2.75, 3.05) is 26.2 Å². The summed E-state index contributed by atoms with van der Waals surface area (Å²) in [5.41, 5.74) is 1.55. The van der Waals surface area contributed by atoms with Crippen molar-refractivity contribution in [3.63, 3.8) is 0 Å². The van der Waals surface area contributed by atoms with E-state index in [1.54, 1.807) is 29.2 Å². The van der Waals surface area contributed by atoms with Crippen LogP contribution in [0.4, 0.5) is 0 Å². The Kier molecular flexibility index (Phi) is 5.25. The van der Waals surface area contributed by atoms with Gasteiger partial charge in [-0.15, -0.1) is 0 Å². The maximum absolute atomic E-state index is 13.6.